The Bertz CT molecular complexity index is 853. The molecule has 0 amide bonds. The zero-order chi connectivity index (χ0) is 26.4. The van der Waals surface area contributed by atoms with Gasteiger partial charge in [0, 0.05) is 13.2 Å². The number of hydrogen-bond acceptors (Lipinski definition) is 10. The first-order valence-electron chi connectivity index (χ1n) is 12.2. The van der Waals surface area contributed by atoms with E-state index >= 15 is 0 Å². The number of nitro benzene ring substituents is 1. The van der Waals surface area contributed by atoms with Crippen LogP contribution >= 0.6 is 0 Å². The Morgan fingerprint density at radius 3 is 1.65 bits per heavy atom. The summed E-state index contributed by atoms with van der Waals surface area (Å²) in [5.74, 6) is 0.725. The average Bonchev–Trinajstić information content (AvgIpc) is 2.92. The molecule has 0 aliphatic rings. The average molecular weight is 524 g/mol. The third-order valence-corrected chi connectivity index (χ3v) is 4.78. The van der Waals surface area contributed by atoms with E-state index < -0.39 is 4.92 Å². The van der Waals surface area contributed by atoms with Crippen molar-refractivity contribution in [2.24, 2.45) is 0 Å². The van der Waals surface area contributed by atoms with Gasteiger partial charge in [-0.05, 0) is 11.6 Å². The number of nitrogens with zero attached hydrogens (tertiary/aromatic N) is 1. The minimum Gasteiger partial charge on any atom is -0.487 e. The van der Waals surface area contributed by atoms with Gasteiger partial charge in [0.1, 0.15) is 13.2 Å². The Balaban J connectivity index is 1.50. The standard InChI is InChI=1S/C26H37NO10/c1-30-9-10-31-11-12-32-13-14-33-15-16-34-17-18-35-19-20-36-26-21-24(27(28)29)7-8-25(26)37-22-23-5-3-2-4-6-23/h2-8,21H,9-20,22H2,1H3. The number of nitro groups is 1. The molecule has 0 spiro atoms. The summed E-state index contributed by atoms with van der Waals surface area (Å²) in [6.45, 7) is 5.75. The van der Waals surface area contributed by atoms with Gasteiger partial charge in [-0.3, -0.25) is 10.1 Å². The molecule has 37 heavy (non-hydrogen) atoms. The van der Waals surface area contributed by atoms with Gasteiger partial charge in [0.05, 0.1) is 83.7 Å². The highest BCUT2D eigenvalue weighted by atomic mass is 16.6. The van der Waals surface area contributed by atoms with Gasteiger partial charge in [-0.1, -0.05) is 30.3 Å². The predicted molar refractivity (Wildman–Crippen MR) is 135 cm³/mol. The molecule has 206 valence electrons. The molecular weight excluding hydrogens is 486 g/mol. The zero-order valence-corrected chi connectivity index (χ0v) is 21.3. The van der Waals surface area contributed by atoms with Crippen molar-refractivity contribution >= 4 is 5.69 Å². The lowest BCUT2D eigenvalue weighted by molar-refractivity contribution is -0.385. The Morgan fingerprint density at radius 2 is 1.14 bits per heavy atom. The lowest BCUT2D eigenvalue weighted by Crippen LogP contribution is -2.14. The molecule has 0 radical (unpaired) electrons. The molecule has 0 saturated heterocycles. The van der Waals surface area contributed by atoms with E-state index in [9.17, 15) is 10.1 Å². The van der Waals surface area contributed by atoms with Gasteiger partial charge in [-0.25, -0.2) is 0 Å². The maximum atomic E-state index is 11.1. The quantitative estimate of drug-likeness (QED) is 0.122. The summed E-state index contributed by atoms with van der Waals surface area (Å²) in [4.78, 5) is 10.7. The molecule has 0 saturated carbocycles. The van der Waals surface area contributed by atoms with Crippen LogP contribution in [0.1, 0.15) is 5.56 Å². The summed E-state index contributed by atoms with van der Waals surface area (Å²) in [6, 6.07) is 13.9. The first-order chi connectivity index (χ1) is 18.2. The van der Waals surface area contributed by atoms with Crippen molar-refractivity contribution in [1.29, 1.82) is 0 Å². The molecular formula is C26H37NO10. The Morgan fingerprint density at radius 1 is 0.622 bits per heavy atom. The molecule has 0 heterocycles. The van der Waals surface area contributed by atoms with Gasteiger partial charge in [-0.15, -0.1) is 0 Å². The third kappa shape index (κ3) is 14.5. The summed E-state index contributed by atoms with van der Waals surface area (Å²) in [5.41, 5.74) is 0.908. The summed E-state index contributed by atoms with van der Waals surface area (Å²) < 4.78 is 43.4. The summed E-state index contributed by atoms with van der Waals surface area (Å²) in [7, 11) is 1.63. The second kappa shape index (κ2) is 20.3. The van der Waals surface area contributed by atoms with Crippen LogP contribution in [-0.2, 0) is 35.0 Å². The number of rotatable bonds is 23. The van der Waals surface area contributed by atoms with Crippen LogP contribution in [0.5, 0.6) is 11.5 Å². The van der Waals surface area contributed by atoms with E-state index in [0.717, 1.165) is 5.56 Å². The summed E-state index contributed by atoms with van der Waals surface area (Å²) in [6.07, 6.45) is 0. The van der Waals surface area contributed by atoms with Gasteiger partial charge in [0.15, 0.2) is 11.5 Å². The Labute approximate surface area is 217 Å². The van der Waals surface area contributed by atoms with E-state index in [0.29, 0.717) is 90.8 Å². The van der Waals surface area contributed by atoms with Crippen molar-refractivity contribution in [3.05, 3.63) is 64.2 Å². The van der Waals surface area contributed by atoms with E-state index in [2.05, 4.69) is 0 Å². The molecule has 0 aromatic heterocycles. The number of ether oxygens (including phenoxy) is 8. The largest absolute Gasteiger partial charge is 0.487 e. The fourth-order valence-electron chi connectivity index (χ4n) is 2.91. The van der Waals surface area contributed by atoms with Crippen molar-refractivity contribution in [3.8, 4) is 11.5 Å². The zero-order valence-electron chi connectivity index (χ0n) is 21.3. The van der Waals surface area contributed by atoms with Crippen molar-refractivity contribution in [2.45, 2.75) is 6.61 Å². The van der Waals surface area contributed by atoms with Crippen LogP contribution in [0.3, 0.4) is 0 Å². The number of methoxy groups -OCH3 is 1. The fourth-order valence-corrected chi connectivity index (χ4v) is 2.91. The van der Waals surface area contributed by atoms with Crippen LogP contribution in [0.25, 0.3) is 0 Å². The molecule has 0 fully saturated rings. The van der Waals surface area contributed by atoms with Crippen molar-refractivity contribution in [1.82, 2.24) is 0 Å². The monoisotopic (exact) mass is 523 g/mol. The van der Waals surface area contributed by atoms with Crippen LogP contribution in [-0.4, -0.2) is 91.3 Å². The normalized spacial score (nSPS) is 10.9. The minimum atomic E-state index is -0.473. The van der Waals surface area contributed by atoms with Crippen LogP contribution < -0.4 is 9.47 Å². The van der Waals surface area contributed by atoms with Gasteiger partial charge < -0.3 is 37.9 Å². The number of benzene rings is 2. The highest BCUT2D eigenvalue weighted by molar-refractivity contribution is 5.48. The lowest BCUT2D eigenvalue weighted by atomic mass is 10.2. The maximum absolute atomic E-state index is 11.1. The van der Waals surface area contributed by atoms with Crippen LogP contribution in [0.4, 0.5) is 5.69 Å². The van der Waals surface area contributed by atoms with Crippen molar-refractivity contribution in [2.75, 3.05) is 86.4 Å². The fraction of sp³-hybridized carbons (Fsp3) is 0.538. The van der Waals surface area contributed by atoms with Gasteiger partial charge in [0.25, 0.3) is 5.69 Å². The molecule has 0 unspecified atom stereocenters. The second-order valence-corrected chi connectivity index (χ2v) is 7.57. The molecule has 0 bridgehead atoms. The summed E-state index contributed by atoms with van der Waals surface area (Å²) >= 11 is 0. The van der Waals surface area contributed by atoms with Gasteiger partial charge in [0.2, 0.25) is 0 Å². The third-order valence-electron chi connectivity index (χ3n) is 4.78. The van der Waals surface area contributed by atoms with E-state index in [1.54, 1.807) is 7.11 Å². The first kappa shape index (κ1) is 30.4. The predicted octanol–water partition coefficient (Wildman–Crippen LogP) is 3.28. The van der Waals surface area contributed by atoms with E-state index in [1.807, 2.05) is 30.3 Å². The molecule has 0 atom stereocenters. The van der Waals surface area contributed by atoms with E-state index in [4.69, 9.17) is 37.9 Å². The van der Waals surface area contributed by atoms with Gasteiger partial charge >= 0.3 is 0 Å². The Hall–Kier alpha value is -2.80. The molecule has 2 aromatic carbocycles. The maximum Gasteiger partial charge on any atom is 0.273 e. The molecule has 11 heteroatoms. The highest BCUT2D eigenvalue weighted by Gasteiger charge is 2.13. The van der Waals surface area contributed by atoms with Crippen molar-refractivity contribution in [3.63, 3.8) is 0 Å². The molecule has 0 aliphatic carbocycles. The molecule has 0 aliphatic heterocycles. The minimum absolute atomic E-state index is 0.0721. The van der Waals surface area contributed by atoms with Crippen LogP contribution in [0, 0.1) is 10.1 Å². The second-order valence-electron chi connectivity index (χ2n) is 7.57. The van der Waals surface area contributed by atoms with Crippen molar-refractivity contribution < 1.29 is 42.8 Å². The molecule has 2 rings (SSSR count). The molecule has 2 aromatic rings. The smallest absolute Gasteiger partial charge is 0.273 e. The number of hydrogen-bond donors (Lipinski definition) is 0. The van der Waals surface area contributed by atoms with Gasteiger partial charge in [-0.2, -0.15) is 0 Å². The van der Waals surface area contributed by atoms with E-state index in [1.165, 1.54) is 18.2 Å². The lowest BCUT2D eigenvalue weighted by Gasteiger charge is -2.13. The van der Waals surface area contributed by atoms with Crippen LogP contribution in [0.15, 0.2) is 48.5 Å². The number of non-ortho nitro benzene ring substituents is 1. The SMILES string of the molecule is COCCOCCOCCOCCOCCOCCOc1cc([N+](=O)[O-])ccc1OCc1ccccc1. The first-order valence-corrected chi connectivity index (χ1v) is 12.2. The summed E-state index contributed by atoms with van der Waals surface area (Å²) in [5, 5.41) is 11.1. The van der Waals surface area contributed by atoms with Crippen LogP contribution in [0.2, 0.25) is 0 Å². The Kier molecular flexibility index (Phi) is 16.7. The molecule has 11 nitrogen and oxygen atoms in total. The molecule has 0 N–H and O–H groups in total. The van der Waals surface area contributed by atoms with E-state index in [-0.39, 0.29) is 12.3 Å². The topological polar surface area (TPSA) is 117 Å². The highest BCUT2D eigenvalue weighted by Crippen LogP contribution is 2.32.